The number of aliphatic imine (C=N–C) groups is 1. The Morgan fingerprint density at radius 1 is 1.21 bits per heavy atom. The lowest BCUT2D eigenvalue weighted by atomic mass is 10.1. The normalized spacial score (nSPS) is 15.9. The van der Waals surface area contributed by atoms with Crippen LogP contribution in [-0.2, 0) is 17.8 Å². The summed E-state index contributed by atoms with van der Waals surface area (Å²) in [6.45, 7) is 10.8. The summed E-state index contributed by atoms with van der Waals surface area (Å²) in [7, 11) is 0. The number of aromatic nitrogens is 2. The van der Waals surface area contributed by atoms with Crippen molar-refractivity contribution in [3.8, 4) is 5.75 Å². The molecule has 0 saturated carbocycles. The number of hydrogen-bond donors (Lipinski definition) is 2. The predicted octanol–water partition coefficient (Wildman–Crippen LogP) is 4.58. The van der Waals surface area contributed by atoms with E-state index in [0.29, 0.717) is 13.2 Å². The zero-order valence-corrected chi connectivity index (χ0v) is 22.7. The van der Waals surface area contributed by atoms with Gasteiger partial charge in [-0.3, -0.25) is 0 Å². The Morgan fingerprint density at radius 3 is 2.85 bits per heavy atom. The Morgan fingerprint density at radius 2 is 2.06 bits per heavy atom. The summed E-state index contributed by atoms with van der Waals surface area (Å²) in [5, 5.41) is 6.82. The highest BCUT2D eigenvalue weighted by atomic mass is 127. The molecule has 1 aliphatic heterocycles. The van der Waals surface area contributed by atoms with Gasteiger partial charge in [0.15, 0.2) is 5.96 Å². The molecule has 184 valence electrons. The van der Waals surface area contributed by atoms with Crippen molar-refractivity contribution in [3.05, 3.63) is 59.4 Å². The maximum Gasteiger partial charge on any atom is 0.191 e. The van der Waals surface area contributed by atoms with Crippen LogP contribution in [0.4, 0.5) is 0 Å². The van der Waals surface area contributed by atoms with Crippen molar-refractivity contribution in [1.29, 1.82) is 0 Å². The van der Waals surface area contributed by atoms with Crippen molar-refractivity contribution in [2.75, 3.05) is 26.3 Å². The fourth-order valence-corrected chi connectivity index (χ4v) is 4.12. The van der Waals surface area contributed by atoms with Crippen molar-refractivity contribution >= 4 is 41.0 Å². The minimum absolute atomic E-state index is 0. The molecule has 4 rings (SSSR count). The van der Waals surface area contributed by atoms with Crippen molar-refractivity contribution in [2.45, 2.75) is 52.8 Å². The summed E-state index contributed by atoms with van der Waals surface area (Å²) >= 11 is 0. The molecule has 2 aromatic carbocycles. The maximum absolute atomic E-state index is 6.22. The second-order valence-electron chi connectivity index (χ2n) is 8.49. The molecule has 7 nitrogen and oxygen atoms in total. The summed E-state index contributed by atoms with van der Waals surface area (Å²) < 4.78 is 14.0. The summed E-state index contributed by atoms with van der Waals surface area (Å²) in [6.07, 6.45) is 2.04. The van der Waals surface area contributed by atoms with Crippen molar-refractivity contribution in [2.24, 2.45) is 4.99 Å². The Hall–Kier alpha value is -2.33. The number of nitrogens with zero attached hydrogens (tertiary/aromatic N) is 3. The van der Waals surface area contributed by atoms with Gasteiger partial charge in [-0.25, -0.2) is 9.98 Å². The van der Waals surface area contributed by atoms with Crippen LogP contribution in [0.1, 0.15) is 36.7 Å². The minimum atomic E-state index is 0. The van der Waals surface area contributed by atoms with Crippen LogP contribution in [0.3, 0.4) is 0 Å². The van der Waals surface area contributed by atoms with Crippen molar-refractivity contribution in [1.82, 2.24) is 20.2 Å². The monoisotopic (exact) mass is 577 g/mol. The van der Waals surface area contributed by atoms with Crippen LogP contribution < -0.4 is 15.4 Å². The quantitative estimate of drug-likeness (QED) is 0.169. The number of hydrogen-bond acceptors (Lipinski definition) is 4. The van der Waals surface area contributed by atoms with E-state index in [1.165, 1.54) is 11.1 Å². The topological polar surface area (TPSA) is 72.7 Å². The van der Waals surface area contributed by atoms with E-state index >= 15 is 0 Å². The molecule has 2 N–H and O–H groups in total. The first-order valence-corrected chi connectivity index (χ1v) is 11.9. The van der Waals surface area contributed by atoms with Gasteiger partial charge in [0.05, 0.1) is 30.8 Å². The molecule has 3 aromatic rings. The Balaban J connectivity index is 0.00000324. The molecule has 0 aliphatic carbocycles. The van der Waals surface area contributed by atoms with E-state index in [0.717, 1.165) is 67.7 Å². The van der Waals surface area contributed by atoms with Gasteiger partial charge in [-0.2, -0.15) is 0 Å². The molecule has 8 heteroatoms. The second kappa shape index (κ2) is 12.9. The third kappa shape index (κ3) is 6.85. The summed E-state index contributed by atoms with van der Waals surface area (Å²) in [4.78, 5) is 9.47. The molecule has 34 heavy (non-hydrogen) atoms. The van der Waals surface area contributed by atoms with Gasteiger partial charge in [-0.1, -0.05) is 24.3 Å². The average molecular weight is 578 g/mol. The molecule has 2 heterocycles. The number of fused-ring (bicyclic) bond motifs is 1. The van der Waals surface area contributed by atoms with Gasteiger partial charge in [-0.05, 0) is 51.0 Å². The van der Waals surface area contributed by atoms with Crippen LogP contribution in [0.5, 0.6) is 5.75 Å². The average Bonchev–Trinajstić information content (AvgIpc) is 3.43. The summed E-state index contributed by atoms with van der Waals surface area (Å²) in [5.41, 5.74) is 4.52. The lowest BCUT2D eigenvalue weighted by Gasteiger charge is -2.16. The lowest BCUT2D eigenvalue weighted by molar-refractivity contribution is 0.140. The van der Waals surface area contributed by atoms with E-state index in [2.05, 4.69) is 77.4 Å². The van der Waals surface area contributed by atoms with E-state index < -0.39 is 0 Å². The third-order valence-electron chi connectivity index (χ3n) is 5.85. The van der Waals surface area contributed by atoms with Crippen LogP contribution in [0, 0.1) is 13.8 Å². The second-order valence-corrected chi connectivity index (χ2v) is 8.49. The Bertz CT molecular complexity index is 1090. The van der Waals surface area contributed by atoms with Gasteiger partial charge in [0.1, 0.15) is 17.7 Å². The Kier molecular flexibility index (Phi) is 10.0. The maximum atomic E-state index is 6.22. The molecule has 0 spiro atoms. The highest BCUT2D eigenvalue weighted by Gasteiger charge is 2.18. The molecule has 1 atom stereocenters. The van der Waals surface area contributed by atoms with Gasteiger partial charge in [0.2, 0.25) is 0 Å². The van der Waals surface area contributed by atoms with E-state index in [4.69, 9.17) is 14.5 Å². The zero-order valence-electron chi connectivity index (χ0n) is 20.3. The van der Waals surface area contributed by atoms with E-state index in [1.54, 1.807) is 0 Å². The molecule has 0 bridgehead atoms. The molecule has 1 aromatic heterocycles. The Labute approximate surface area is 219 Å². The van der Waals surface area contributed by atoms with E-state index in [1.807, 2.05) is 6.07 Å². The first-order valence-electron chi connectivity index (χ1n) is 11.9. The summed E-state index contributed by atoms with van der Waals surface area (Å²) in [6, 6.07) is 14.6. The zero-order chi connectivity index (χ0) is 23.0. The SMILES string of the molecule is CCNC(=NCc1ccc(C)cc1OC1CCOC1)NCCCn1c(C)nc2ccccc21.I. The number of imidazole rings is 1. The number of halogens is 1. The third-order valence-corrected chi connectivity index (χ3v) is 5.85. The first-order chi connectivity index (χ1) is 16.1. The molecule has 1 aliphatic rings. The number of para-hydroxylation sites is 2. The van der Waals surface area contributed by atoms with Crippen LogP contribution in [0.2, 0.25) is 0 Å². The van der Waals surface area contributed by atoms with Crippen molar-refractivity contribution < 1.29 is 9.47 Å². The molecule has 0 radical (unpaired) electrons. The fourth-order valence-electron chi connectivity index (χ4n) is 4.12. The number of rotatable bonds is 9. The van der Waals surface area contributed by atoms with Gasteiger partial charge >= 0.3 is 0 Å². The van der Waals surface area contributed by atoms with Crippen LogP contribution in [0.15, 0.2) is 47.5 Å². The molecule has 0 amide bonds. The number of nitrogens with one attached hydrogen (secondary N) is 2. The standard InChI is InChI=1S/C26H35N5O2.HI/c1-4-27-26(28-13-7-14-31-20(3)30-23-8-5-6-9-24(23)31)29-17-21-11-10-19(2)16-25(21)33-22-12-15-32-18-22;/h5-6,8-11,16,22H,4,7,12-15,17-18H2,1-3H3,(H2,27,28,29);1H. The number of benzene rings is 2. The molecular weight excluding hydrogens is 541 g/mol. The van der Waals surface area contributed by atoms with Crippen LogP contribution in [0.25, 0.3) is 11.0 Å². The highest BCUT2D eigenvalue weighted by Crippen LogP contribution is 2.24. The predicted molar refractivity (Wildman–Crippen MR) is 148 cm³/mol. The van der Waals surface area contributed by atoms with Gasteiger partial charge in [-0.15, -0.1) is 24.0 Å². The smallest absolute Gasteiger partial charge is 0.191 e. The molecule has 1 fully saturated rings. The van der Waals surface area contributed by atoms with Gasteiger partial charge in [0, 0.05) is 31.6 Å². The summed E-state index contributed by atoms with van der Waals surface area (Å²) in [5.74, 6) is 2.78. The molecule has 1 saturated heterocycles. The minimum Gasteiger partial charge on any atom is -0.488 e. The molecular formula is C26H36IN5O2. The highest BCUT2D eigenvalue weighted by molar-refractivity contribution is 14.0. The lowest BCUT2D eigenvalue weighted by Crippen LogP contribution is -2.38. The van der Waals surface area contributed by atoms with E-state index in [9.17, 15) is 0 Å². The van der Waals surface area contributed by atoms with Gasteiger partial charge in [0.25, 0.3) is 0 Å². The van der Waals surface area contributed by atoms with Crippen molar-refractivity contribution in [3.63, 3.8) is 0 Å². The number of ether oxygens (including phenoxy) is 2. The number of aryl methyl sites for hydroxylation is 3. The van der Waals surface area contributed by atoms with Crippen LogP contribution in [-0.4, -0.2) is 47.9 Å². The fraction of sp³-hybridized carbons (Fsp3) is 0.462. The first kappa shape index (κ1) is 26.3. The largest absolute Gasteiger partial charge is 0.488 e. The number of guanidine groups is 1. The van der Waals surface area contributed by atoms with E-state index in [-0.39, 0.29) is 30.1 Å². The van der Waals surface area contributed by atoms with Crippen LogP contribution >= 0.6 is 24.0 Å². The van der Waals surface area contributed by atoms with Gasteiger partial charge < -0.3 is 24.7 Å². The molecule has 1 unspecified atom stereocenters.